The number of amides is 2. The van der Waals surface area contributed by atoms with Crippen molar-refractivity contribution in [2.75, 3.05) is 5.32 Å². The molecule has 1 aromatic carbocycles. The summed E-state index contributed by atoms with van der Waals surface area (Å²) in [7, 11) is 0. The minimum atomic E-state index is -0.586. The van der Waals surface area contributed by atoms with Crippen molar-refractivity contribution in [3.05, 3.63) is 29.8 Å². The fraction of sp³-hybridized carbons (Fsp3) is 0.529. The molecule has 0 heterocycles. The van der Waals surface area contributed by atoms with Crippen molar-refractivity contribution in [3.63, 3.8) is 0 Å². The Labute approximate surface area is 126 Å². The summed E-state index contributed by atoms with van der Waals surface area (Å²) in [4.78, 5) is 23.9. The fourth-order valence-electron chi connectivity index (χ4n) is 2.78. The predicted octanol–water partition coefficient (Wildman–Crippen LogP) is 2.88. The molecule has 0 aromatic heterocycles. The lowest BCUT2D eigenvalue weighted by Crippen LogP contribution is -2.45. The van der Waals surface area contributed by atoms with Gasteiger partial charge in [0, 0.05) is 11.7 Å². The number of anilines is 1. The quantitative estimate of drug-likeness (QED) is 0.840. The molecule has 1 aromatic rings. The van der Waals surface area contributed by atoms with Crippen molar-refractivity contribution >= 4 is 17.5 Å². The number of carbonyl (C=O) groups excluding carboxylic acids is 2. The first-order valence-corrected chi connectivity index (χ1v) is 7.81. The van der Waals surface area contributed by atoms with Crippen LogP contribution in [0.2, 0.25) is 0 Å². The molecule has 0 aliphatic heterocycles. The molecule has 1 aliphatic carbocycles. The van der Waals surface area contributed by atoms with Crippen LogP contribution in [0.5, 0.6) is 0 Å². The molecule has 0 bridgehead atoms. The highest BCUT2D eigenvalue weighted by Crippen LogP contribution is 2.23. The Morgan fingerprint density at radius 1 is 1.10 bits per heavy atom. The topological polar surface area (TPSA) is 58.2 Å². The molecule has 1 aliphatic rings. The highest BCUT2D eigenvalue weighted by Gasteiger charge is 2.25. The third kappa shape index (κ3) is 4.31. The summed E-state index contributed by atoms with van der Waals surface area (Å²) in [5.74, 6) is -0.676. The SMILES string of the molecule is CCc1ccc(NC(=O)C(=O)N[C@H]2CCCC[C@@H]2C)cc1. The lowest BCUT2D eigenvalue weighted by atomic mass is 9.86. The maximum Gasteiger partial charge on any atom is 0.313 e. The summed E-state index contributed by atoms with van der Waals surface area (Å²) in [5, 5.41) is 5.51. The van der Waals surface area contributed by atoms with Gasteiger partial charge in [-0.15, -0.1) is 0 Å². The average molecular weight is 288 g/mol. The van der Waals surface area contributed by atoms with Gasteiger partial charge in [-0.25, -0.2) is 0 Å². The third-order valence-corrected chi connectivity index (χ3v) is 4.25. The van der Waals surface area contributed by atoms with Gasteiger partial charge in [-0.05, 0) is 42.9 Å². The van der Waals surface area contributed by atoms with E-state index in [2.05, 4.69) is 24.5 Å². The molecule has 0 saturated heterocycles. The van der Waals surface area contributed by atoms with Gasteiger partial charge in [0.15, 0.2) is 0 Å². The fourth-order valence-corrected chi connectivity index (χ4v) is 2.78. The summed E-state index contributed by atoms with van der Waals surface area (Å²) >= 11 is 0. The first kappa shape index (κ1) is 15.5. The first-order chi connectivity index (χ1) is 10.1. The van der Waals surface area contributed by atoms with Gasteiger partial charge < -0.3 is 10.6 Å². The van der Waals surface area contributed by atoms with Crippen LogP contribution in [0.3, 0.4) is 0 Å². The van der Waals surface area contributed by atoms with Crippen LogP contribution in [0, 0.1) is 5.92 Å². The smallest absolute Gasteiger partial charge is 0.313 e. The maximum absolute atomic E-state index is 12.0. The Kier molecular flexibility index (Phi) is 5.37. The Bertz CT molecular complexity index is 496. The largest absolute Gasteiger partial charge is 0.345 e. The lowest BCUT2D eigenvalue weighted by Gasteiger charge is -2.29. The molecule has 4 nitrogen and oxygen atoms in total. The number of carbonyl (C=O) groups is 2. The first-order valence-electron chi connectivity index (χ1n) is 7.81. The second kappa shape index (κ2) is 7.25. The summed E-state index contributed by atoms with van der Waals surface area (Å²) < 4.78 is 0. The zero-order valence-electron chi connectivity index (χ0n) is 12.8. The molecule has 2 rings (SSSR count). The number of rotatable bonds is 3. The Balaban J connectivity index is 1.88. The van der Waals surface area contributed by atoms with E-state index in [4.69, 9.17) is 0 Å². The zero-order chi connectivity index (χ0) is 15.2. The van der Waals surface area contributed by atoms with Crippen LogP contribution in [-0.2, 0) is 16.0 Å². The molecule has 2 atom stereocenters. The normalized spacial score (nSPS) is 21.6. The summed E-state index contributed by atoms with van der Waals surface area (Å²) in [6.07, 6.45) is 5.36. The minimum absolute atomic E-state index is 0.125. The van der Waals surface area contributed by atoms with Crippen molar-refractivity contribution in [2.45, 2.75) is 52.0 Å². The van der Waals surface area contributed by atoms with E-state index >= 15 is 0 Å². The molecule has 0 unspecified atom stereocenters. The van der Waals surface area contributed by atoms with Crippen LogP contribution in [0.25, 0.3) is 0 Å². The minimum Gasteiger partial charge on any atom is -0.345 e. The molecule has 21 heavy (non-hydrogen) atoms. The van der Waals surface area contributed by atoms with Crippen LogP contribution < -0.4 is 10.6 Å². The van der Waals surface area contributed by atoms with E-state index in [1.54, 1.807) is 0 Å². The second-order valence-corrected chi connectivity index (χ2v) is 5.85. The average Bonchev–Trinajstić information content (AvgIpc) is 2.50. The molecule has 1 saturated carbocycles. The highest BCUT2D eigenvalue weighted by molar-refractivity contribution is 6.39. The standard InChI is InChI=1S/C17H24N2O2/c1-3-13-8-10-14(11-9-13)18-16(20)17(21)19-15-7-5-4-6-12(15)2/h8-12,15H,3-7H2,1-2H3,(H,18,20)(H,19,21)/t12-,15-/m0/s1. The van der Waals surface area contributed by atoms with E-state index in [0.717, 1.165) is 25.7 Å². The van der Waals surface area contributed by atoms with Gasteiger partial charge in [0.1, 0.15) is 0 Å². The summed E-state index contributed by atoms with van der Waals surface area (Å²) in [6.45, 7) is 4.21. The highest BCUT2D eigenvalue weighted by atomic mass is 16.2. The van der Waals surface area contributed by atoms with Crippen LogP contribution >= 0.6 is 0 Å². The maximum atomic E-state index is 12.0. The number of benzene rings is 1. The van der Waals surface area contributed by atoms with Crippen LogP contribution in [0.1, 0.15) is 45.1 Å². The molecular weight excluding hydrogens is 264 g/mol. The molecule has 2 amide bonds. The molecule has 114 valence electrons. The van der Waals surface area contributed by atoms with Crippen molar-refractivity contribution in [2.24, 2.45) is 5.92 Å². The van der Waals surface area contributed by atoms with Gasteiger partial charge in [-0.2, -0.15) is 0 Å². The molecule has 0 spiro atoms. The van der Waals surface area contributed by atoms with E-state index in [0.29, 0.717) is 11.6 Å². The van der Waals surface area contributed by atoms with E-state index in [9.17, 15) is 9.59 Å². The second-order valence-electron chi connectivity index (χ2n) is 5.85. The van der Waals surface area contributed by atoms with Gasteiger partial charge in [0.2, 0.25) is 0 Å². The summed E-state index contributed by atoms with van der Waals surface area (Å²) in [5.41, 5.74) is 1.86. The van der Waals surface area contributed by atoms with Crippen LogP contribution in [0.15, 0.2) is 24.3 Å². The Hall–Kier alpha value is -1.84. The molecule has 1 fully saturated rings. The lowest BCUT2D eigenvalue weighted by molar-refractivity contribution is -0.137. The monoisotopic (exact) mass is 288 g/mol. The number of nitrogens with one attached hydrogen (secondary N) is 2. The van der Waals surface area contributed by atoms with Crippen molar-refractivity contribution in [1.29, 1.82) is 0 Å². The molecular formula is C17H24N2O2. The number of hydrogen-bond donors (Lipinski definition) is 2. The van der Waals surface area contributed by atoms with Gasteiger partial charge in [-0.1, -0.05) is 38.8 Å². The predicted molar refractivity (Wildman–Crippen MR) is 84.0 cm³/mol. The number of hydrogen-bond acceptors (Lipinski definition) is 2. The van der Waals surface area contributed by atoms with E-state index in [-0.39, 0.29) is 6.04 Å². The van der Waals surface area contributed by atoms with E-state index in [1.807, 2.05) is 24.3 Å². The van der Waals surface area contributed by atoms with Crippen molar-refractivity contribution in [3.8, 4) is 0 Å². The van der Waals surface area contributed by atoms with Crippen LogP contribution in [-0.4, -0.2) is 17.9 Å². The van der Waals surface area contributed by atoms with Gasteiger partial charge >= 0.3 is 11.8 Å². The molecule has 4 heteroatoms. The zero-order valence-corrected chi connectivity index (χ0v) is 12.8. The van der Waals surface area contributed by atoms with E-state index < -0.39 is 11.8 Å². The van der Waals surface area contributed by atoms with Crippen molar-refractivity contribution in [1.82, 2.24) is 5.32 Å². The Morgan fingerprint density at radius 3 is 2.38 bits per heavy atom. The summed E-state index contributed by atoms with van der Waals surface area (Å²) in [6, 6.07) is 7.69. The van der Waals surface area contributed by atoms with Gasteiger partial charge in [0.05, 0.1) is 0 Å². The van der Waals surface area contributed by atoms with Crippen molar-refractivity contribution < 1.29 is 9.59 Å². The third-order valence-electron chi connectivity index (χ3n) is 4.25. The molecule has 0 radical (unpaired) electrons. The van der Waals surface area contributed by atoms with Gasteiger partial charge in [0.25, 0.3) is 0 Å². The van der Waals surface area contributed by atoms with Crippen LogP contribution in [0.4, 0.5) is 5.69 Å². The van der Waals surface area contributed by atoms with E-state index in [1.165, 1.54) is 12.0 Å². The molecule has 2 N–H and O–H groups in total. The van der Waals surface area contributed by atoms with Gasteiger partial charge in [-0.3, -0.25) is 9.59 Å². The number of aryl methyl sites for hydroxylation is 1. The Morgan fingerprint density at radius 2 is 1.76 bits per heavy atom.